The van der Waals surface area contributed by atoms with E-state index in [2.05, 4.69) is 13.8 Å². The Labute approximate surface area is 120 Å². The van der Waals surface area contributed by atoms with E-state index in [4.69, 9.17) is 10.5 Å². The first-order chi connectivity index (χ1) is 9.51. The van der Waals surface area contributed by atoms with Gasteiger partial charge in [0.2, 0.25) is 5.91 Å². The van der Waals surface area contributed by atoms with Crippen molar-refractivity contribution in [3.8, 4) is 5.75 Å². The number of anilines is 1. The average molecular weight is 276 g/mol. The molecular weight excluding hydrogens is 252 g/mol. The molecule has 1 amide bonds. The summed E-state index contributed by atoms with van der Waals surface area (Å²) in [6, 6.07) is 5.62. The Balaban J connectivity index is 2.13. The monoisotopic (exact) mass is 276 g/mol. The van der Waals surface area contributed by atoms with Crippen LogP contribution in [0.1, 0.15) is 32.8 Å². The van der Waals surface area contributed by atoms with Crippen LogP contribution in [-0.4, -0.2) is 24.0 Å². The molecule has 20 heavy (non-hydrogen) atoms. The van der Waals surface area contributed by atoms with Gasteiger partial charge in [-0.1, -0.05) is 13.8 Å². The van der Waals surface area contributed by atoms with Gasteiger partial charge in [0.1, 0.15) is 5.75 Å². The summed E-state index contributed by atoms with van der Waals surface area (Å²) in [5, 5.41) is 0. The molecule has 1 aliphatic heterocycles. The number of nitrogens with two attached hydrogens (primary N) is 1. The van der Waals surface area contributed by atoms with Crippen molar-refractivity contribution in [3.05, 3.63) is 23.8 Å². The van der Waals surface area contributed by atoms with Crippen molar-refractivity contribution in [2.45, 2.75) is 33.7 Å². The minimum Gasteiger partial charge on any atom is -0.494 e. The third-order valence-corrected chi connectivity index (χ3v) is 3.93. The van der Waals surface area contributed by atoms with Gasteiger partial charge in [0.25, 0.3) is 0 Å². The van der Waals surface area contributed by atoms with Gasteiger partial charge in [-0.25, -0.2) is 0 Å². The van der Waals surface area contributed by atoms with Gasteiger partial charge in [-0.2, -0.15) is 0 Å². The minimum atomic E-state index is 0.230. The Morgan fingerprint density at radius 3 is 2.80 bits per heavy atom. The lowest BCUT2D eigenvalue weighted by Crippen LogP contribution is -2.25. The molecule has 2 rings (SSSR count). The summed E-state index contributed by atoms with van der Waals surface area (Å²) in [5.74, 6) is 2.05. The van der Waals surface area contributed by atoms with E-state index >= 15 is 0 Å². The first kappa shape index (κ1) is 14.7. The number of hydrogen-bond acceptors (Lipinski definition) is 3. The summed E-state index contributed by atoms with van der Waals surface area (Å²) >= 11 is 0. The molecule has 1 aromatic carbocycles. The number of hydrogen-bond donors (Lipinski definition) is 1. The molecule has 1 aromatic rings. The maximum atomic E-state index is 12.1. The molecule has 110 valence electrons. The molecule has 4 nitrogen and oxygen atoms in total. The number of likely N-dealkylation sites (tertiary alicyclic amines) is 1. The van der Waals surface area contributed by atoms with Crippen LogP contribution >= 0.6 is 0 Å². The van der Waals surface area contributed by atoms with Crippen molar-refractivity contribution < 1.29 is 9.53 Å². The summed E-state index contributed by atoms with van der Waals surface area (Å²) < 4.78 is 5.62. The van der Waals surface area contributed by atoms with Crippen molar-refractivity contribution in [2.24, 2.45) is 11.8 Å². The SMILES string of the molecule is CCOc1ccc(N)cc1CN1CC(C(C)C)CC1=O. The molecular formula is C16H24N2O2. The van der Waals surface area contributed by atoms with Crippen LogP contribution in [0, 0.1) is 11.8 Å². The highest BCUT2D eigenvalue weighted by molar-refractivity contribution is 5.78. The predicted octanol–water partition coefficient (Wildman–Crippen LogP) is 2.67. The zero-order valence-electron chi connectivity index (χ0n) is 12.6. The zero-order valence-corrected chi connectivity index (χ0v) is 12.6. The van der Waals surface area contributed by atoms with E-state index in [9.17, 15) is 4.79 Å². The molecule has 4 heteroatoms. The van der Waals surface area contributed by atoms with E-state index in [0.717, 1.165) is 17.9 Å². The van der Waals surface area contributed by atoms with Gasteiger partial charge in [0.05, 0.1) is 6.61 Å². The fraction of sp³-hybridized carbons (Fsp3) is 0.562. The van der Waals surface area contributed by atoms with Gasteiger partial charge < -0.3 is 15.4 Å². The fourth-order valence-corrected chi connectivity index (χ4v) is 2.63. The molecule has 1 aliphatic rings. The maximum Gasteiger partial charge on any atom is 0.223 e. The molecule has 1 saturated heterocycles. The summed E-state index contributed by atoms with van der Waals surface area (Å²) in [7, 11) is 0. The second-order valence-corrected chi connectivity index (χ2v) is 5.78. The number of ether oxygens (including phenoxy) is 1. The Bertz CT molecular complexity index is 485. The van der Waals surface area contributed by atoms with Crippen LogP contribution in [0.15, 0.2) is 18.2 Å². The van der Waals surface area contributed by atoms with Gasteiger partial charge >= 0.3 is 0 Å². The number of benzene rings is 1. The number of amides is 1. The van der Waals surface area contributed by atoms with Gasteiger partial charge in [-0.15, -0.1) is 0 Å². The second-order valence-electron chi connectivity index (χ2n) is 5.78. The molecule has 1 heterocycles. The summed E-state index contributed by atoms with van der Waals surface area (Å²) in [4.78, 5) is 14.0. The highest BCUT2D eigenvalue weighted by Gasteiger charge is 2.31. The molecule has 1 fully saturated rings. The largest absolute Gasteiger partial charge is 0.494 e. The van der Waals surface area contributed by atoms with Crippen LogP contribution in [0.2, 0.25) is 0 Å². The van der Waals surface area contributed by atoms with Gasteiger partial charge in [-0.3, -0.25) is 4.79 Å². The Morgan fingerprint density at radius 2 is 2.20 bits per heavy atom. The van der Waals surface area contributed by atoms with Crippen LogP contribution in [0.5, 0.6) is 5.75 Å². The van der Waals surface area contributed by atoms with Crippen LogP contribution in [0.3, 0.4) is 0 Å². The topological polar surface area (TPSA) is 55.6 Å². The zero-order chi connectivity index (χ0) is 14.7. The van der Waals surface area contributed by atoms with E-state index in [1.807, 2.05) is 30.0 Å². The normalized spacial score (nSPS) is 18.9. The number of nitrogen functional groups attached to an aromatic ring is 1. The van der Waals surface area contributed by atoms with Crippen molar-refractivity contribution in [2.75, 3.05) is 18.9 Å². The van der Waals surface area contributed by atoms with Crippen LogP contribution in [0.25, 0.3) is 0 Å². The second kappa shape index (κ2) is 6.16. The maximum absolute atomic E-state index is 12.1. The highest BCUT2D eigenvalue weighted by atomic mass is 16.5. The van der Waals surface area contributed by atoms with E-state index in [1.165, 1.54) is 0 Å². The molecule has 0 bridgehead atoms. The lowest BCUT2D eigenvalue weighted by molar-refractivity contribution is -0.128. The molecule has 1 unspecified atom stereocenters. The highest BCUT2D eigenvalue weighted by Crippen LogP contribution is 2.29. The van der Waals surface area contributed by atoms with E-state index in [1.54, 1.807) is 0 Å². The van der Waals surface area contributed by atoms with Gasteiger partial charge in [-0.05, 0) is 37.0 Å². The molecule has 0 aliphatic carbocycles. The Morgan fingerprint density at radius 1 is 1.45 bits per heavy atom. The minimum absolute atomic E-state index is 0.230. The van der Waals surface area contributed by atoms with Crippen molar-refractivity contribution in [3.63, 3.8) is 0 Å². The van der Waals surface area contributed by atoms with Crippen LogP contribution in [0.4, 0.5) is 5.69 Å². The number of carbonyl (C=O) groups excluding carboxylic acids is 1. The van der Waals surface area contributed by atoms with Crippen molar-refractivity contribution in [1.29, 1.82) is 0 Å². The van der Waals surface area contributed by atoms with E-state index < -0.39 is 0 Å². The standard InChI is InChI=1S/C16H24N2O2/c1-4-20-15-6-5-14(17)7-13(15)10-18-9-12(11(2)3)8-16(18)19/h5-7,11-12H,4,8-10,17H2,1-3H3. The number of rotatable bonds is 5. The van der Waals surface area contributed by atoms with Gasteiger partial charge in [0, 0.05) is 30.8 Å². The molecule has 0 radical (unpaired) electrons. The quantitative estimate of drug-likeness (QED) is 0.841. The molecule has 0 spiro atoms. The average Bonchev–Trinajstić information content (AvgIpc) is 2.75. The van der Waals surface area contributed by atoms with Crippen molar-refractivity contribution >= 4 is 11.6 Å². The predicted molar refractivity (Wildman–Crippen MR) is 80.4 cm³/mol. The van der Waals surface area contributed by atoms with Gasteiger partial charge in [0.15, 0.2) is 0 Å². The first-order valence-corrected chi connectivity index (χ1v) is 7.30. The molecule has 1 atom stereocenters. The third kappa shape index (κ3) is 3.24. The van der Waals surface area contributed by atoms with Crippen LogP contribution in [-0.2, 0) is 11.3 Å². The third-order valence-electron chi connectivity index (χ3n) is 3.93. The first-order valence-electron chi connectivity index (χ1n) is 7.30. The Hall–Kier alpha value is -1.71. The molecule has 2 N–H and O–H groups in total. The molecule has 0 saturated carbocycles. The smallest absolute Gasteiger partial charge is 0.223 e. The lowest BCUT2D eigenvalue weighted by Gasteiger charge is -2.20. The van der Waals surface area contributed by atoms with Crippen molar-refractivity contribution in [1.82, 2.24) is 4.90 Å². The Kier molecular flexibility index (Phi) is 4.53. The summed E-state index contributed by atoms with van der Waals surface area (Å²) in [6.07, 6.45) is 0.657. The summed E-state index contributed by atoms with van der Waals surface area (Å²) in [5.41, 5.74) is 7.54. The number of nitrogens with zero attached hydrogens (tertiary/aromatic N) is 1. The van der Waals surface area contributed by atoms with E-state index in [0.29, 0.717) is 37.1 Å². The lowest BCUT2D eigenvalue weighted by atomic mass is 9.95. The fourth-order valence-electron chi connectivity index (χ4n) is 2.63. The number of carbonyl (C=O) groups is 1. The van der Waals surface area contributed by atoms with E-state index in [-0.39, 0.29) is 5.91 Å². The molecule has 0 aromatic heterocycles. The summed E-state index contributed by atoms with van der Waals surface area (Å²) in [6.45, 7) is 8.33. The van der Waals surface area contributed by atoms with Crippen LogP contribution < -0.4 is 10.5 Å².